The first-order valence-corrected chi connectivity index (χ1v) is 8.06. The summed E-state index contributed by atoms with van der Waals surface area (Å²) in [6.45, 7) is 9.79. The summed E-state index contributed by atoms with van der Waals surface area (Å²) in [5.41, 5.74) is 7.08. The Bertz CT molecular complexity index is 407. The number of morpholine rings is 1. The molecule has 2 atom stereocenters. The smallest absolute Gasteiger partial charge is 0.186 e. The molecule has 0 radical (unpaired) electrons. The number of rotatable bonds is 5. The number of aromatic nitrogens is 1. The Morgan fingerprint density at radius 1 is 1.53 bits per heavy atom. The summed E-state index contributed by atoms with van der Waals surface area (Å²) in [4.78, 5) is 8.53. The molecule has 0 saturated carbocycles. The number of hydrogen-bond donors (Lipinski definition) is 1. The van der Waals surface area contributed by atoms with Crippen molar-refractivity contribution in [2.45, 2.75) is 52.1 Å². The SMILES string of the molecule is CCC(C)c1nc(N2CCOCC2CC)sc1CN. The molecular formula is C14H25N3OS. The van der Waals surface area contributed by atoms with Crippen LogP contribution in [0.1, 0.15) is 50.1 Å². The van der Waals surface area contributed by atoms with Crippen LogP contribution < -0.4 is 10.6 Å². The molecule has 1 saturated heterocycles. The first kappa shape index (κ1) is 14.8. The Morgan fingerprint density at radius 3 is 2.95 bits per heavy atom. The van der Waals surface area contributed by atoms with Crippen LogP contribution in [0.3, 0.4) is 0 Å². The molecule has 2 N–H and O–H groups in total. The van der Waals surface area contributed by atoms with Crippen LogP contribution in [0.4, 0.5) is 5.13 Å². The highest BCUT2D eigenvalue weighted by Gasteiger charge is 2.26. The molecule has 1 aliphatic heterocycles. The highest BCUT2D eigenvalue weighted by atomic mass is 32.1. The lowest BCUT2D eigenvalue weighted by atomic mass is 10.0. The van der Waals surface area contributed by atoms with E-state index < -0.39 is 0 Å². The average Bonchev–Trinajstić information content (AvgIpc) is 2.90. The Labute approximate surface area is 120 Å². The third-order valence-corrected chi connectivity index (χ3v) is 5.06. The van der Waals surface area contributed by atoms with E-state index in [-0.39, 0.29) is 0 Å². The van der Waals surface area contributed by atoms with Crippen LogP contribution in [-0.4, -0.2) is 30.8 Å². The van der Waals surface area contributed by atoms with Crippen molar-refractivity contribution in [3.8, 4) is 0 Å². The van der Waals surface area contributed by atoms with Crippen LogP contribution in [0.5, 0.6) is 0 Å². The number of nitrogens with two attached hydrogens (primary N) is 1. The number of ether oxygens (including phenoxy) is 1. The van der Waals surface area contributed by atoms with Gasteiger partial charge in [0.2, 0.25) is 0 Å². The monoisotopic (exact) mass is 283 g/mol. The quantitative estimate of drug-likeness (QED) is 0.902. The van der Waals surface area contributed by atoms with E-state index in [1.807, 2.05) is 0 Å². The van der Waals surface area contributed by atoms with Gasteiger partial charge in [0.05, 0.1) is 24.9 Å². The maximum atomic E-state index is 5.88. The maximum absolute atomic E-state index is 5.88. The molecular weight excluding hydrogens is 258 g/mol. The third-order valence-electron chi connectivity index (χ3n) is 3.93. The van der Waals surface area contributed by atoms with Crippen molar-refractivity contribution in [1.82, 2.24) is 4.98 Å². The van der Waals surface area contributed by atoms with Crippen molar-refractivity contribution in [3.63, 3.8) is 0 Å². The largest absolute Gasteiger partial charge is 0.377 e. The molecule has 2 rings (SSSR count). The molecule has 19 heavy (non-hydrogen) atoms. The summed E-state index contributed by atoms with van der Waals surface area (Å²) in [5, 5.41) is 1.13. The van der Waals surface area contributed by atoms with E-state index in [1.165, 1.54) is 10.6 Å². The van der Waals surface area contributed by atoms with Crippen molar-refractivity contribution < 1.29 is 4.74 Å². The molecule has 108 valence electrons. The third kappa shape index (κ3) is 3.09. The molecule has 1 aromatic rings. The maximum Gasteiger partial charge on any atom is 0.186 e. The molecule has 5 heteroatoms. The second kappa shape index (κ2) is 6.68. The zero-order valence-electron chi connectivity index (χ0n) is 12.2. The van der Waals surface area contributed by atoms with E-state index >= 15 is 0 Å². The second-order valence-electron chi connectivity index (χ2n) is 5.15. The molecule has 0 amide bonds. The summed E-state index contributed by atoms with van der Waals surface area (Å²) in [5.74, 6) is 0.490. The lowest BCUT2D eigenvalue weighted by Crippen LogP contribution is -2.45. The van der Waals surface area contributed by atoms with E-state index in [0.717, 1.165) is 37.7 Å². The number of thiazole rings is 1. The fourth-order valence-corrected chi connectivity index (χ4v) is 3.60. The minimum absolute atomic E-state index is 0.454. The van der Waals surface area contributed by atoms with Gasteiger partial charge in [-0.2, -0.15) is 0 Å². The second-order valence-corrected chi connectivity index (χ2v) is 6.21. The first-order chi connectivity index (χ1) is 9.21. The Hall–Kier alpha value is -0.650. The number of anilines is 1. The van der Waals surface area contributed by atoms with Crippen LogP contribution in [0, 0.1) is 0 Å². The van der Waals surface area contributed by atoms with Crippen LogP contribution in [0.2, 0.25) is 0 Å². The van der Waals surface area contributed by atoms with E-state index in [1.54, 1.807) is 11.3 Å². The molecule has 2 heterocycles. The van der Waals surface area contributed by atoms with Gasteiger partial charge in [-0.3, -0.25) is 0 Å². The van der Waals surface area contributed by atoms with E-state index in [4.69, 9.17) is 15.5 Å². The Balaban J connectivity index is 2.26. The molecule has 1 fully saturated rings. The van der Waals surface area contributed by atoms with Crippen molar-refractivity contribution in [2.24, 2.45) is 5.73 Å². The summed E-state index contributed by atoms with van der Waals surface area (Å²) >= 11 is 1.76. The van der Waals surface area contributed by atoms with Gasteiger partial charge in [-0.25, -0.2) is 4.98 Å². The predicted molar refractivity (Wildman–Crippen MR) is 81.0 cm³/mol. The fraction of sp³-hybridized carbons (Fsp3) is 0.786. The van der Waals surface area contributed by atoms with Crippen LogP contribution in [-0.2, 0) is 11.3 Å². The molecule has 0 spiro atoms. The van der Waals surface area contributed by atoms with E-state index in [9.17, 15) is 0 Å². The van der Waals surface area contributed by atoms with Crippen LogP contribution in [0.15, 0.2) is 0 Å². The molecule has 1 aromatic heterocycles. The van der Waals surface area contributed by atoms with Gasteiger partial charge >= 0.3 is 0 Å². The zero-order valence-corrected chi connectivity index (χ0v) is 13.0. The van der Waals surface area contributed by atoms with Crippen LogP contribution >= 0.6 is 11.3 Å². The lowest BCUT2D eigenvalue weighted by Gasteiger charge is -2.34. The highest BCUT2D eigenvalue weighted by Crippen LogP contribution is 2.33. The van der Waals surface area contributed by atoms with E-state index in [0.29, 0.717) is 18.5 Å². The molecule has 0 aliphatic carbocycles. The number of hydrogen-bond acceptors (Lipinski definition) is 5. The van der Waals surface area contributed by atoms with Gasteiger partial charge in [0.1, 0.15) is 0 Å². The summed E-state index contributed by atoms with van der Waals surface area (Å²) in [7, 11) is 0. The highest BCUT2D eigenvalue weighted by molar-refractivity contribution is 7.15. The molecule has 1 aliphatic rings. The summed E-state index contributed by atoms with van der Waals surface area (Å²) in [6.07, 6.45) is 2.20. The van der Waals surface area contributed by atoms with Gasteiger partial charge in [0.15, 0.2) is 5.13 Å². The lowest BCUT2D eigenvalue weighted by molar-refractivity contribution is 0.0929. The number of nitrogens with zero attached hydrogens (tertiary/aromatic N) is 2. The predicted octanol–water partition coefficient (Wildman–Crippen LogP) is 2.73. The van der Waals surface area contributed by atoms with Gasteiger partial charge in [-0.05, 0) is 18.8 Å². The standard InChI is InChI=1S/C14H25N3OS/c1-4-10(3)13-12(8-15)19-14(16-13)17-6-7-18-9-11(17)5-2/h10-11H,4-9,15H2,1-3H3. The van der Waals surface area contributed by atoms with Gasteiger partial charge in [0.25, 0.3) is 0 Å². The minimum atomic E-state index is 0.454. The van der Waals surface area contributed by atoms with Gasteiger partial charge < -0.3 is 15.4 Å². The summed E-state index contributed by atoms with van der Waals surface area (Å²) < 4.78 is 5.57. The van der Waals surface area contributed by atoms with Crippen molar-refractivity contribution in [1.29, 1.82) is 0 Å². The molecule has 0 aromatic carbocycles. The topological polar surface area (TPSA) is 51.4 Å². The fourth-order valence-electron chi connectivity index (χ4n) is 2.44. The Kier molecular flexibility index (Phi) is 5.19. The van der Waals surface area contributed by atoms with Gasteiger partial charge in [0, 0.05) is 18.0 Å². The Morgan fingerprint density at radius 2 is 2.32 bits per heavy atom. The summed E-state index contributed by atoms with van der Waals surface area (Å²) in [6, 6.07) is 0.454. The zero-order chi connectivity index (χ0) is 13.8. The van der Waals surface area contributed by atoms with Gasteiger partial charge in [-0.1, -0.05) is 20.8 Å². The normalized spacial score (nSPS) is 21.7. The molecule has 4 nitrogen and oxygen atoms in total. The first-order valence-electron chi connectivity index (χ1n) is 7.25. The van der Waals surface area contributed by atoms with E-state index in [2.05, 4.69) is 25.7 Å². The minimum Gasteiger partial charge on any atom is -0.377 e. The van der Waals surface area contributed by atoms with Crippen LogP contribution in [0.25, 0.3) is 0 Å². The molecule has 2 unspecified atom stereocenters. The van der Waals surface area contributed by atoms with Crippen molar-refractivity contribution in [3.05, 3.63) is 10.6 Å². The van der Waals surface area contributed by atoms with Gasteiger partial charge in [-0.15, -0.1) is 11.3 Å². The average molecular weight is 283 g/mol. The molecule has 0 bridgehead atoms. The van der Waals surface area contributed by atoms with Crippen molar-refractivity contribution in [2.75, 3.05) is 24.7 Å². The van der Waals surface area contributed by atoms with Crippen molar-refractivity contribution >= 4 is 16.5 Å².